The molecule has 1 amide bonds. The van der Waals surface area contributed by atoms with E-state index in [1.807, 2.05) is 6.92 Å². The molecule has 7 nitrogen and oxygen atoms in total. The third kappa shape index (κ3) is 4.13. The van der Waals surface area contributed by atoms with E-state index < -0.39 is 6.10 Å². The Morgan fingerprint density at radius 3 is 2.83 bits per heavy atom. The van der Waals surface area contributed by atoms with Crippen molar-refractivity contribution in [1.82, 2.24) is 20.4 Å². The molecule has 0 radical (unpaired) electrons. The second kappa shape index (κ2) is 8.07. The molecule has 0 unspecified atom stereocenters. The van der Waals surface area contributed by atoms with Crippen LogP contribution in [-0.2, 0) is 17.6 Å². The largest absolute Gasteiger partial charge is 0.389 e. The molecule has 1 aromatic rings. The van der Waals surface area contributed by atoms with Crippen molar-refractivity contribution in [3.05, 3.63) is 11.7 Å². The van der Waals surface area contributed by atoms with Gasteiger partial charge in [0.05, 0.1) is 12.1 Å². The molecule has 1 aliphatic carbocycles. The van der Waals surface area contributed by atoms with E-state index in [4.69, 9.17) is 4.52 Å². The first kappa shape index (κ1) is 17.4. The minimum absolute atomic E-state index is 0.0580. The van der Waals surface area contributed by atoms with Crippen LogP contribution in [0.3, 0.4) is 0 Å². The highest BCUT2D eigenvalue weighted by atomic mass is 16.5. The molecule has 1 aliphatic heterocycles. The quantitative estimate of drug-likeness (QED) is 0.807. The van der Waals surface area contributed by atoms with Gasteiger partial charge in [0.15, 0.2) is 5.82 Å². The highest BCUT2D eigenvalue weighted by molar-refractivity contribution is 5.76. The van der Waals surface area contributed by atoms with Gasteiger partial charge in [-0.25, -0.2) is 0 Å². The molecule has 3 rings (SSSR count). The topological polar surface area (TPSA) is 91.5 Å². The Labute approximate surface area is 142 Å². The second-order valence-electron chi connectivity index (χ2n) is 6.86. The van der Waals surface area contributed by atoms with Crippen LogP contribution in [-0.4, -0.2) is 57.3 Å². The van der Waals surface area contributed by atoms with Gasteiger partial charge in [0.1, 0.15) is 0 Å². The summed E-state index contributed by atoms with van der Waals surface area (Å²) >= 11 is 0. The number of aliphatic hydroxyl groups is 1. The van der Waals surface area contributed by atoms with Gasteiger partial charge in [-0.1, -0.05) is 12.1 Å². The number of hydrogen-bond acceptors (Lipinski definition) is 6. The number of nitrogens with zero attached hydrogens (tertiary/aromatic N) is 3. The smallest absolute Gasteiger partial charge is 0.227 e. The van der Waals surface area contributed by atoms with E-state index >= 15 is 0 Å². The van der Waals surface area contributed by atoms with Gasteiger partial charge in [-0.3, -0.25) is 9.69 Å². The van der Waals surface area contributed by atoms with Crippen LogP contribution < -0.4 is 5.32 Å². The van der Waals surface area contributed by atoms with Crippen molar-refractivity contribution >= 4 is 5.91 Å². The molecule has 24 heavy (non-hydrogen) atoms. The van der Waals surface area contributed by atoms with Crippen LogP contribution in [0.15, 0.2) is 4.52 Å². The summed E-state index contributed by atoms with van der Waals surface area (Å²) in [6.45, 7) is 4.10. The van der Waals surface area contributed by atoms with Gasteiger partial charge in [-0.2, -0.15) is 4.98 Å². The summed E-state index contributed by atoms with van der Waals surface area (Å²) in [5.74, 6) is 1.11. The average Bonchev–Trinajstić information content (AvgIpc) is 3.26. The molecule has 1 saturated heterocycles. The molecule has 134 valence electrons. The molecule has 1 aromatic heterocycles. The lowest BCUT2D eigenvalue weighted by Gasteiger charge is -2.40. The van der Waals surface area contributed by atoms with Crippen molar-refractivity contribution in [3.8, 4) is 0 Å². The lowest BCUT2D eigenvalue weighted by Crippen LogP contribution is -2.56. The molecule has 3 atom stereocenters. The van der Waals surface area contributed by atoms with Gasteiger partial charge in [0.25, 0.3) is 0 Å². The van der Waals surface area contributed by atoms with E-state index in [9.17, 15) is 9.90 Å². The van der Waals surface area contributed by atoms with Crippen molar-refractivity contribution in [2.24, 2.45) is 0 Å². The Hall–Kier alpha value is -1.47. The number of nitrogens with one attached hydrogen (secondary N) is 1. The summed E-state index contributed by atoms with van der Waals surface area (Å²) in [5.41, 5.74) is 0. The first-order chi connectivity index (χ1) is 11.7. The number of aryl methyl sites for hydroxylation is 2. The molecule has 2 N–H and O–H groups in total. The number of aliphatic hydroxyl groups excluding tert-OH is 1. The van der Waals surface area contributed by atoms with Crippen molar-refractivity contribution in [3.63, 3.8) is 0 Å². The summed E-state index contributed by atoms with van der Waals surface area (Å²) < 4.78 is 5.10. The molecular weight excluding hydrogens is 308 g/mol. The first-order valence-corrected chi connectivity index (χ1v) is 9.20. The minimum Gasteiger partial charge on any atom is -0.389 e. The van der Waals surface area contributed by atoms with Gasteiger partial charge in [-0.05, 0) is 45.2 Å². The van der Waals surface area contributed by atoms with E-state index in [0.717, 1.165) is 38.8 Å². The monoisotopic (exact) mass is 336 g/mol. The van der Waals surface area contributed by atoms with E-state index in [2.05, 4.69) is 20.4 Å². The maximum Gasteiger partial charge on any atom is 0.227 e. The standard InChI is InChI=1S/C17H28N4O3/c1-2-14-19-16(24-20-14)9-8-15(22)18-12-6-5-7-13(17(12)23)21-10-3-4-11-21/h12-13,17,23H,2-11H2,1H3,(H,18,22)/t12-,13-,17-/m1/s1. The zero-order chi connectivity index (χ0) is 16.9. The zero-order valence-corrected chi connectivity index (χ0v) is 14.4. The van der Waals surface area contributed by atoms with E-state index in [1.54, 1.807) is 0 Å². The molecule has 7 heteroatoms. The summed E-state index contributed by atoms with van der Waals surface area (Å²) in [7, 11) is 0. The number of carbonyl (C=O) groups is 1. The number of amides is 1. The van der Waals surface area contributed by atoms with Crippen LogP contribution in [0.1, 0.15) is 57.2 Å². The summed E-state index contributed by atoms with van der Waals surface area (Å²) in [6, 6.07) is 0.0420. The SMILES string of the molecule is CCc1noc(CCC(=O)N[C@@H]2CCC[C@@H](N3CCCC3)[C@@H]2O)n1. The first-order valence-electron chi connectivity index (χ1n) is 9.20. The molecule has 2 fully saturated rings. The number of carbonyl (C=O) groups excluding carboxylic acids is 1. The maximum atomic E-state index is 12.2. The Kier molecular flexibility index (Phi) is 5.84. The van der Waals surface area contributed by atoms with Crippen LogP contribution in [0.2, 0.25) is 0 Å². The van der Waals surface area contributed by atoms with Crippen LogP contribution in [0.5, 0.6) is 0 Å². The molecule has 0 aromatic carbocycles. The molecule has 2 heterocycles. The van der Waals surface area contributed by atoms with Crippen molar-refractivity contribution in [2.45, 2.75) is 76.5 Å². The highest BCUT2D eigenvalue weighted by Crippen LogP contribution is 2.26. The van der Waals surface area contributed by atoms with Crippen molar-refractivity contribution in [1.29, 1.82) is 0 Å². The van der Waals surface area contributed by atoms with Crippen molar-refractivity contribution < 1.29 is 14.4 Å². The fourth-order valence-electron chi connectivity index (χ4n) is 3.82. The minimum atomic E-state index is -0.476. The van der Waals surface area contributed by atoms with Gasteiger partial charge in [0.2, 0.25) is 11.8 Å². The van der Waals surface area contributed by atoms with Gasteiger partial charge in [0, 0.05) is 25.3 Å². The second-order valence-corrected chi connectivity index (χ2v) is 6.86. The Morgan fingerprint density at radius 2 is 2.12 bits per heavy atom. The Bertz CT molecular complexity index is 542. The number of hydrogen-bond donors (Lipinski definition) is 2. The molecule has 2 aliphatic rings. The van der Waals surface area contributed by atoms with Crippen molar-refractivity contribution in [2.75, 3.05) is 13.1 Å². The van der Waals surface area contributed by atoms with Gasteiger partial charge < -0.3 is 14.9 Å². The van der Waals surface area contributed by atoms with Gasteiger partial charge >= 0.3 is 0 Å². The van der Waals surface area contributed by atoms with Crippen LogP contribution in [0, 0.1) is 0 Å². The third-order valence-electron chi connectivity index (χ3n) is 5.17. The molecule has 0 spiro atoms. The average molecular weight is 336 g/mol. The van der Waals surface area contributed by atoms with Crippen LogP contribution >= 0.6 is 0 Å². The van der Waals surface area contributed by atoms with Crippen LogP contribution in [0.25, 0.3) is 0 Å². The fourth-order valence-corrected chi connectivity index (χ4v) is 3.82. The lowest BCUT2D eigenvalue weighted by atomic mass is 9.87. The third-order valence-corrected chi connectivity index (χ3v) is 5.17. The summed E-state index contributed by atoms with van der Waals surface area (Å²) in [5, 5.41) is 17.5. The normalized spacial score (nSPS) is 28.2. The molecule has 0 bridgehead atoms. The number of rotatable bonds is 6. The Morgan fingerprint density at radius 1 is 1.33 bits per heavy atom. The maximum absolute atomic E-state index is 12.2. The number of aromatic nitrogens is 2. The number of likely N-dealkylation sites (tertiary alicyclic amines) is 1. The fraction of sp³-hybridized carbons (Fsp3) is 0.824. The zero-order valence-electron chi connectivity index (χ0n) is 14.4. The molecular formula is C17H28N4O3. The predicted octanol–water partition coefficient (Wildman–Crippen LogP) is 1.06. The van der Waals surface area contributed by atoms with E-state index in [-0.39, 0.29) is 18.0 Å². The Balaban J connectivity index is 1.47. The van der Waals surface area contributed by atoms with E-state index in [0.29, 0.717) is 24.6 Å². The predicted molar refractivity (Wildman–Crippen MR) is 88.4 cm³/mol. The van der Waals surface area contributed by atoms with Crippen LogP contribution in [0.4, 0.5) is 0 Å². The lowest BCUT2D eigenvalue weighted by molar-refractivity contribution is -0.123. The summed E-state index contributed by atoms with van der Waals surface area (Å²) in [4.78, 5) is 18.8. The van der Waals surface area contributed by atoms with Gasteiger partial charge in [-0.15, -0.1) is 0 Å². The summed E-state index contributed by atoms with van der Waals surface area (Å²) in [6.07, 6.45) is 6.34. The highest BCUT2D eigenvalue weighted by Gasteiger charge is 2.36. The molecule has 1 saturated carbocycles. The van der Waals surface area contributed by atoms with E-state index in [1.165, 1.54) is 12.8 Å².